The second-order valence-electron chi connectivity index (χ2n) is 5.15. The van der Waals surface area contributed by atoms with Crippen molar-refractivity contribution in [2.45, 2.75) is 30.8 Å². The Morgan fingerprint density at radius 2 is 2.28 bits per heavy atom. The molecule has 1 saturated carbocycles. The summed E-state index contributed by atoms with van der Waals surface area (Å²) in [7, 11) is 0. The maximum Gasteiger partial charge on any atom is 0.233 e. The van der Waals surface area contributed by atoms with E-state index in [1.165, 1.54) is 0 Å². The molecule has 0 bridgehead atoms. The summed E-state index contributed by atoms with van der Waals surface area (Å²) in [5.41, 5.74) is 0.542. The van der Waals surface area contributed by atoms with Gasteiger partial charge < -0.3 is 10.0 Å². The van der Waals surface area contributed by atoms with Crippen molar-refractivity contribution in [3.05, 3.63) is 29.0 Å². The summed E-state index contributed by atoms with van der Waals surface area (Å²) in [4.78, 5) is 18.3. The number of halogens is 1. The summed E-state index contributed by atoms with van der Waals surface area (Å²) < 4.78 is 0. The predicted molar refractivity (Wildman–Crippen MR) is 67.4 cm³/mol. The standard InChI is InChI=1S/C13H15ClN2O2/c14-11-2-1-9(7-15-11)13(4-5-13)12(18)16-6-3-10(17)8-16/h1-2,7,10,17H,3-6,8H2/t10-/m0/s1. The van der Waals surface area contributed by atoms with Gasteiger partial charge in [0.05, 0.1) is 11.5 Å². The third-order valence-corrected chi connectivity index (χ3v) is 4.11. The van der Waals surface area contributed by atoms with Crippen LogP contribution >= 0.6 is 11.6 Å². The van der Waals surface area contributed by atoms with Gasteiger partial charge in [-0.1, -0.05) is 17.7 Å². The average molecular weight is 267 g/mol. The van der Waals surface area contributed by atoms with Crippen LogP contribution in [-0.4, -0.2) is 40.1 Å². The van der Waals surface area contributed by atoms with Crippen LogP contribution in [0.4, 0.5) is 0 Å². The second kappa shape index (κ2) is 4.21. The van der Waals surface area contributed by atoms with Crippen LogP contribution in [0.15, 0.2) is 18.3 Å². The topological polar surface area (TPSA) is 53.4 Å². The number of nitrogens with zero attached hydrogens (tertiary/aromatic N) is 2. The molecule has 0 aromatic carbocycles. The van der Waals surface area contributed by atoms with E-state index < -0.39 is 5.41 Å². The van der Waals surface area contributed by atoms with E-state index in [0.29, 0.717) is 24.7 Å². The zero-order valence-corrected chi connectivity index (χ0v) is 10.7. The van der Waals surface area contributed by atoms with E-state index >= 15 is 0 Å². The van der Waals surface area contributed by atoms with Gasteiger partial charge in [-0.15, -0.1) is 0 Å². The molecule has 2 aliphatic rings. The van der Waals surface area contributed by atoms with Gasteiger partial charge in [-0.05, 0) is 30.9 Å². The molecule has 1 saturated heterocycles. The van der Waals surface area contributed by atoms with E-state index in [9.17, 15) is 9.90 Å². The van der Waals surface area contributed by atoms with Gasteiger partial charge in [0.25, 0.3) is 0 Å². The molecule has 1 aliphatic heterocycles. The van der Waals surface area contributed by atoms with E-state index in [4.69, 9.17) is 11.6 Å². The lowest BCUT2D eigenvalue weighted by Gasteiger charge is -2.23. The fourth-order valence-electron chi connectivity index (χ4n) is 2.64. The van der Waals surface area contributed by atoms with Gasteiger partial charge in [-0.3, -0.25) is 4.79 Å². The predicted octanol–water partition coefficient (Wildman–Crippen LogP) is 1.36. The number of carbonyl (C=O) groups is 1. The molecule has 18 heavy (non-hydrogen) atoms. The Kier molecular flexibility index (Phi) is 2.79. The van der Waals surface area contributed by atoms with Gasteiger partial charge in [0.1, 0.15) is 5.15 Å². The smallest absolute Gasteiger partial charge is 0.233 e. The molecule has 1 aliphatic carbocycles. The van der Waals surface area contributed by atoms with Gasteiger partial charge in [0, 0.05) is 19.3 Å². The van der Waals surface area contributed by atoms with Crippen molar-refractivity contribution < 1.29 is 9.90 Å². The molecule has 4 nitrogen and oxygen atoms in total. The largest absolute Gasteiger partial charge is 0.391 e. The minimum absolute atomic E-state index is 0.128. The number of aliphatic hydroxyl groups excluding tert-OH is 1. The molecule has 0 spiro atoms. The number of hydrogen-bond acceptors (Lipinski definition) is 3. The number of amides is 1. The molecule has 2 heterocycles. The Labute approximate surface area is 111 Å². The van der Waals surface area contributed by atoms with Crippen molar-refractivity contribution in [1.82, 2.24) is 9.88 Å². The van der Waals surface area contributed by atoms with Crippen LogP contribution < -0.4 is 0 Å². The monoisotopic (exact) mass is 266 g/mol. The molecule has 2 fully saturated rings. The second-order valence-corrected chi connectivity index (χ2v) is 5.53. The Balaban J connectivity index is 1.82. The van der Waals surface area contributed by atoms with E-state index in [1.54, 1.807) is 17.2 Å². The molecule has 5 heteroatoms. The maximum absolute atomic E-state index is 12.5. The highest BCUT2D eigenvalue weighted by Crippen LogP contribution is 2.49. The number of β-amino-alcohol motifs (C(OH)–C–C–N with tert-alkyl or cyclic N) is 1. The van der Waals surface area contributed by atoms with Gasteiger partial charge in [0.2, 0.25) is 5.91 Å². The highest BCUT2D eigenvalue weighted by Gasteiger charge is 2.53. The van der Waals surface area contributed by atoms with Crippen LogP contribution in [0, 0.1) is 0 Å². The first-order valence-corrected chi connectivity index (χ1v) is 6.59. The number of rotatable bonds is 2. The maximum atomic E-state index is 12.5. The molecular formula is C13H15ClN2O2. The average Bonchev–Trinajstić information content (AvgIpc) is 3.06. The third kappa shape index (κ3) is 1.89. The van der Waals surface area contributed by atoms with Gasteiger partial charge in [-0.2, -0.15) is 0 Å². The molecule has 1 aromatic heterocycles. The van der Waals surface area contributed by atoms with Crippen molar-refractivity contribution in [3.63, 3.8) is 0 Å². The Hall–Kier alpha value is -1.13. The van der Waals surface area contributed by atoms with Crippen LogP contribution in [0.2, 0.25) is 5.15 Å². The van der Waals surface area contributed by atoms with Crippen LogP contribution in [0.25, 0.3) is 0 Å². The number of pyridine rings is 1. The molecule has 1 aromatic rings. The minimum atomic E-state index is -0.401. The van der Waals surface area contributed by atoms with Crippen LogP contribution in [0.3, 0.4) is 0 Å². The first-order chi connectivity index (χ1) is 8.62. The van der Waals surface area contributed by atoms with E-state index in [2.05, 4.69) is 4.98 Å². The first kappa shape index (κ1) is 11.9. The van der Waals surface area contributed by atoms with Gasteiger partial charge >= 0.3 is 0 Å². The van der Waals surface area contributed by atoms with Crippen LogP contribution in [0.5, 0.6) is 0 Å². The van der Waals surface area contributed by atoms with Crippen LogP contribution in [0.1, 0.15) is 24.8 Å². The van der Waals surface area contributed by atoms with E-state index in [-0.39, 0.29) is 12.0 Å². The summed E-state index contributed by atoms with van der Waals surface area (Å²) in [5, 5.41) is 9.96. The Morgan fingerprint density at radius 3 is 2.78 bits per heavy atom. The van der Waals surface area contributed by atoms with Crippen molar-refractivity contribution >= 4 is 17.5 Å². The molecule has 96 valence electrons. The fourth-order valence-corrected chi connectivity index (χ4v) is 2.75. The molecule has 1 amide bonds. The Bertz CT molecular complexity index is 470. The first-order valence-electron chi connectivity index (χ1n) is 6.21. The van der Waals surface area contributed by atoms with Crippen molar-refractivity contribution in [2.24, 2.45) is 0 Å². The minimum Gasteiger partial charge on any atom is -0.391 e. The van der Waals surface area contributed by atoms with Crippen molar-refractivity contribution in [2.75, 3.05) is 13.1 Å². The normalized spacial score (nSPS) is 25.2. The molecule has 1 atom stereocenters. The van der Waals surface area contributed by atoms with E-state index in [1.807, 2.05) is 6.07 Å². The number of aliphatic hydroxyl groups is 1. The number of likely N-dealkylation sites (tertiary alicyclic amines) is 1. The SMILES string of the molecule is O=C(N1CC[C@H](O)C1)C1(c2ccc(Cl)nc2)CC1. The van der Waals surface area contributed by atoms with E-state index in [0.717, 1.165) is 18.4 Å². The molecule has 0 unspecified atom stereocenters. The quantitative estimate of drug-likeness (QED) is 0.823. The third-order valence-electron chi connectivity index (χ3n) is 3.89. The lowest BCUT2D eigenvalue weighted by atomic mass is 9.96. The number of hydrogen-bond donors (Lipinski definition) is 1. The highest BCUT2D eigenvalue weighted by atomic mass is 35.5. The number of carbonyl (C=O) groups excluding carboxylic acids is 1. The fraction of sp³-hybridized carbons (Fsp3) is 0.538. The van der Waals surface area contributed by atoms with Crippen molar-refractivity contribution in [3.8, 4) is 0 Å². The lowest BCUT2D eigenvalue weighted by Crippen LogP contribution is -2.38. The zero-order valence-electron chi connectivity index (χ0n) is 9.97. The highest BCUT2D eigenvalue weighted by molar-refractivity contribution is 6.29. The summed E-state index contributed by atoms with van der Waals surface area (Å²) in [6, 6.07) is 3.61. The number of aromatic nitrogens is 1. The molecule has 1 N–H and O–H groups in total. The summed E-state index contributed by atoms with van der Waals surface area (Å²) in [6.45, 7) is 1.12. The Morgan fingerprint density at radius 1 is 1.50 bits per heavy atom. The molecule has 0 radical (unpaired) electrons. The van der Waals surface area contributed by atoms with Gasteiger partial charge in [-0.25, -0.2) is 4.98 Å². The summed E-state index contributed by atoms with van der Waals surface area (Å²) >= 11 is 5.77. The molecular weight excluding hydrogens is 252 g/mol. The van der Waals surface area contributed by atoms with Crippen molar-refractivity contribution in [1.29, 1.82) is 0 Å². The molecule has 3 rings (SSSR count). The summed E-state index contributed by atoms with van der Waals surface area (Å²) in [5.74, 6) is 0.128. The van der Waals surface area contributed by atoms with Crippen LogP contribution in [-0.2, 0) is 10.2 Å². The lowest BCUT2D eigenvalue weighted by molar-refractivity contribution is -0.133. The zero-order chi connectivity index (χ0) is 12.8. The summed E-state index contributed by atoms with van der Waals surface area (Å²) in [6.07, 6.45) is 3.73. The van der Waals surface area contributed by atoms with Gasteiger partial charge in [0.15, 0.2) is 0 Å².